The molecule has 0 fully saturated rings. The standard InChI is InChI=1S/C13H16N2/c1-9-6-5-7-12(8-9)13-14-10(2)11(3)15(13)4/h5-8H,1-4H3. The largest absolute Gasteiger partial charge is 0.331 e. The van der Waals surface area contributed by atoms with Crippen molar-refractivity contribution in [2.75, 3.05) is 0 Å². The summed E-state index contributed by atoms with van der Waals surface area (Å²) in [5.41, 5.74) is 4.79. The van der Waals surface area contributed by atoms with Gasteiger partial charge in [0, 0.05) is 18.3 Å². The molecule has 0 saturated heterocycles. The molecular weight excluding hydrogens is 184 g/mol. The van der Waals surface area contributed by atoms with E-state index >= 15 is 0 Å². The Morgan fingerprint density at radius 2 is 1.87 bits per heavy atom. The fourth-order valence-corrected chi connectivity index (χ4v) is 1.76. The fraction of sp³-hybridized carbons (Fsp3) is 0.308. The number of rotatable bonds is 1. The highest BCUT2D eigenvalue weighted by molar-refractivity contribution is 5.57. The predicted molar refractivity (Wildman–Crippen MR) is 62.9 cm³/mol. The van der Waals surface area contributed by atoms with E-state index in [0.717, 1.165) is 11.5 Å². The first-order chi connectivity index (χ1) is 7.09. The summed E-state index contributed by atoms with van der Waals surface area (Å²) in [6.45, 7) is 6.25. The van der Waals surface area contributed by atoms with Crippen molar-refractivity contribution in [3.8, 4) is 11.4 Å². The van der Waals surface area contributed by atoms with Gasteiger partial charge in [-0.15, -0.1) is 0 Å². The van der Waals surface area contributed by atoms with Gasteiger partial charge in [0.1, 0.15) is 5.82 Å². The SMILES string of the molecule is Cc1cccc(-c2nc(C)c(C)n2C)c1. The molecule has 2 aromatic rings. The molecule has 2 nitrogen and oxygen atoms in total. The van der Waals surface area contributed by atoms with Gasteiger partial charge in [0.15, 0.2) is 0 Å². The molecule has 2 heteroatoms. The molecule has 0 aliphatic rings. The zero-order valence-corrected chi connectivity index (χ0v) is 9.70. The van der Waals surface area contributed by atoms with Crippen LogP contribution >= 0.6 is 0 Å². The number of aromatic nitrogens is 2. The molecule has 0 saturated carbocycles. The summed E-state index contributed by atoms with van der Waals surface area (Å²) < 4.78 is 2.14. The highest BCUT2D eigenvalue weighted by Gasteiger charge is 2.09. The normalized spacial score (nSPS) is 10.7. The molecule has 1 heterocycles. The Morgan fingerprint density at radius 3 is 2.40 bits per heavy atom. The second-order valence-corrected chi connectivity index (χ2v) is 4.03. The maximum atomic E-state index is 4.58. The minimum absolute atomic E-state index is 1.05. The molecule has 0 atom stereocenters. The van der Waals surface area contributed by atoms with Crippen LogP contribution in [0.5, 0.6) is 0 Å². The van der Waals surface area contributed by atoms with Gasteiger partial charge in [-0.25, -0.2) is 4.98 Å². The lowest BCUT2D eigenvalue weighted by molar-refractivity contribution is 0.881. The smallest absolute Gasteiger partial charge is 0.140 e. The summed E-state index contributed by atoms with van der Waals surface area (Å²) in [5.74, 6) is 1.05. The molecule has 0 aliphatic carbocycles. The molecule has 0 radical (unpaired) electrons. The molecule has 0 amide bonds. The Morgan fingerprint density at radius 1 is 1.13 bits per heavy atom. The maximum absolute atomic E-state index is 4.58. The van der Waals surface area contributed by atoms with Crippen LogP contribution in [0, 0.1) is 20.8 Å². The van der Waals surface area contributed by atoms with Crippen LogP contribution in [0.15, 0.2) is 24.3 Å². The van der Waals surface area contributed by atoms with Gasteiger partial charge in [-0.3, -0.25) is 0 Å². The highest BCUT2D eigenvalue weighted by Crippen LogP contribution is 2.21. The second kappa shape index (κ2) is 3.54. The Labute approximate surface area is 90.6 Å². The summed E-state index contributed by atoms with van der Waals surface area (Å²) in [7, 11) is 2.06. The van der Waals surface area contributed by atoms with Crippen molar-refractivity contribution in [1.82, 2.24) is 9.55 Å². The van der Waals surface area contributed by atoms with Crippen molar-refractivity contribution in [2.24, 2.45) is 7.05 Å². The van der Waals surface area contributed by atoms with E-state index < -0.39 is 0 Å². The number of nitrogens with zero attached hydrogens (tertiary/aromatic N) is 2. The van der Waals surface area contributed by atoms with Crippen LogP contribution in [-0.4, -0.2) is 9.55 Å². The van der Waals surface area contributed by atoms with Crippen LogP contribution in [-0.2, 0) is 7.05 Å². The minimum Gasteiger partial charge on any atom is -0.331 e. The first kappa shape index (κ1) is 9.97. The van der Waals surface area contributed by atoms with Crippen LogP contribution in [0.1, 0.15) is 17.0 Å². The zero-order chi connectivity index (χ0) is 11.0. The van der Waals surface area contributed by atoms with E-state index in [1.165, 1.54) is 16.8 Å². The summed E-state index contributed by atoms with van der Waals surface area (Å²) in [6.07, 6.45) is 0. The van der Waals surface area contributed by atoms with Crippen molar-refractivity contribution < 1.29 is 0 Å². The average Bonchev–Trinajstić information content (AvgIpc) is 2.46. The first-order valence-corrected chi connectivity index (χ1v) is 5.16. The van der Waals surface area contributed by atoms with Crippen LogP contribution in [0.2, 0.25) is 0 Å². The maximum Gasteiger partial charge on any atom is 0.140 e. The topological polar surface area (TPSA) is 17.8 Å². The van der Waals surface area contributed by atoms with E-state index in [9.17, 15) is 0 Å². The van der Waals surface area contributed by atoms with Gasteiger partial charge in [0.2, 0.25) is 0 Å². The van der Waals surface area contributed by atoms with Crippen LogP contribution in [0.4, 0.5) is 0 Å². The second-order valence-electron chi connectivity index (χ2n) is 4.03. The lowest BCUT2D eigenvalue weighted by Crippen LogP contribution is -1.94. The van der Waals surface area contributed by atoms with Gasteiger partial charge in [0.25, 0.3) is 0 Å². The molecule has 15 heavy (non-hydrogen) atoms. The van der Waals surface area contributed by atoms with Gasteiger partial charge in [-0.2, -0.15) is 0 Å². The molecule has 78 valence electrons. The number of benzene rings is 1. The van der Waals surface area contributed by atoms with E-state index in [2.05, 4.69) is 61.6 Å². The van der Waals surface area contributed by atoms with E-state index in [-0.39, 0.29) is 0 Å². The summed E-state index contributed by atoms with van der Waals surface area (Å²) in [6, 6.07) is 8.45. The van der Waals surface area contributed by atoms with Crippen molar-refractivity contribution in [3.05, 3.63) is 41.2 Å². The quantitative estimate of drug-likeness (QED) is 0.692. The van der Waals surface area contributed by atoms with Gasteiger partial charge in [0.05, 0.1) is 5.69 Å². The number of hydrogen-bond acceptors (Lipinski definition) is 1. The highest BCUT2D eigenvalue weighted by atomic mass is 15.1. The van der Waals surface area contributed by atoms with Crippen molar-refractivity contribution in [3.63, 3.8) is 0 Å². The molecule has 0 bridgehead atoms. The lowest BCUT2D eigenvalue weighted by Gasteiger charge is -2.03. The Balaban J connectivity index is 2.59. The number of imidazole rings is 1. The third kappa shape index (κ3) is 1.67. The number of hydrogen-bond donors (Lipinski definition) is 0. The minimum atomic E-state index is 1.05. The third-order valence-electron chi connectivity index (χ3n) is 2.89. The van der Waals surface area contributed by atoms with Crippen LogP contribution < -0.4 is 0 Å². The fourth-order valence-electron chi connectivity index (χ4n) is 1.76. The van der Waals surface area contributed by atoms with E-state index in [1.54, 1.807) is 0 Å². The zero-order valence-electron chi connectivity index (χ0n) is 9.70. The van der Waals surface area contributed by atoms with Crippen molar-refractivity contribution >= 4 is 0 Å². The summed E-state index contributed by atoms with van der Waals surface area (Å²) in [4.78, 5) is 4.58. The molecule has 1 aromatic heterocycles. The summed E-state index contributed by atoms with van der Waals surface area (Å²) >= 11 is 0. The predicted octanol–water partition coefficient (Wildman–Crippen LogP) is 3.01. The monoisotopic (exact) mass is 200 g/mol. The van der Waals surface area contributed by atoms with Crippen LogP contribution in [0.3, 0.4) is 0 Å². The Kier molecular flexibility index (Phi) is 2.35. The van der Waals surface area contributed by atoms with E-state index in [0.29, 0.717) is 0 Å². The van der Waals surface area contributed by atoms with Crippen molar-refractivity contribution in [2.45, 2.75) is 20.8 Å². The van der Waals surface area contributed by atoms with Gasteiger partial charge >= 0.3 is 0 Å². The molecule has 0 unspecified atom stereocenters. The molecule has 0 spiro atoms. The van der Waals surface area contributed by atoms with Gasteiger partial charge < -0.3 is 4.57 Å². The van der Waals surface area contributed by atoms with Crippen molar-refractivity contribution in [1.29, 1.82) is 0 Å². The van der Waals surface area contributed by atoms with Gasteiger partial charge in [-0.05, 0) is 26.8 Å². The lowest BCUT2D eigenvalue weighted by atomic mass is 10.1. The van der Waals surface area contributed by atoms with Crippen LogP contribution in [0.25, 0.3) is 11.4 Å². The van der Waals surface area contributed by atoms with E-state index in [4.69, 9.17) is 0 Å². The molecule has 0 N–H and O–H groups in total. The first-order valence-electron chi connectivity index (χ1n) is 5.16. The molecule has 2 rings (SSSR count). The van der Waals surface area contributed by atoms with E-state index in [1.807, 2.05) is 0 Å². The average molecular weight is 200 g/mol. The third-order valence-corrected chi connectivity index (χ3v) is 2.89. The number of aryl methyl sites for hydroxylation is 2. The summed E-state index contributed by atoms with van der Waals surface area (Å²) in [5, 5.41) is 0. The molecule has 1 aromatic carbocycles. The molecular formula is C13H16N2. The molecule has 0 aliphatic heterocycles. The Bertz CT molecular complexity index is 495. The van der Waals surface area contributed by atoms with Gasteiger partial charge in [-0.1, -0.05) is 23.8 Å². The Hall–Kier alpha value is -1.57.